The van der Waals surface area contributed by atoms with Crippen LogP contribution in [0.25, 0.3) is 6.08 Å². The number of phenols is 1. The molecular weight excluding hydrogens is 496 g/mol. The summed E-state index contributed by atoms with van der Waals surface area (Å²) in [6.45, 7) is 3.48. The molecule has 0 spiro atoms. The Morgan fingerprint density at radius 3 is 2.70 bits per heavy atom. The van der Waals surface area contributed by atoms with Gasteiger partial charge in [0.2, 0.25) is 10.0 Å². The lowest BCUT2D eigenvalue weighted by atomic mass is 10.1. The number of nitrogens with zero attached hydrogens (tertiary/aromatic N) is 1. The summed E-state index contributed by atoms with van der Waals surface area (Å²) in [6.07, 6.45) is 5.49. The maximum absolute atomic E-state index is 13.4. The third-order valence-corrected chi connectivity index (χ3v) is 8.02. The van der Waals surface area contributed by atoms with Crippen molar-refractivity contribution in [1.29, 1.82) is 5.41 Å². The van der Waals surface area contributed by atoms with Crippen molar-refractivity contribution in [3.8, 4) is 11.5 Å². The first kappa shape index (κ1) is 26.5. The van der Waals surface area contributed by atoms with Gasteiger partial charge in [-0.1, -0.05) is 12.2 Å². The van der Waals surface area contributed by atoms with Crippen LogP contribution in [0.3, 0.4) is 0 Å². The number of nitrogens with two attached hydrogens (primary N) is 1. The number of fused-ring (bicyclic) bond motifs is 1. The number of nitrogen functional groups attached to an aromatic ring is 1. The van der Waals surface area contributed by atoms with Crippen molar-refractivity contribution in [3.63, 3.8) is 0 Å². The Hall–Kier alpha value is -3.57. The Labute approximate surface area is 216 Å². The fraction of sp³-hybridized carbons (Fsp3) is 0.385. The first-order valence-electron chi connectivity index (χ1n) is 12.2. The van der Waals surface area contributed by atoms with Crippen molar-refractivity contribution in [2.75, 3.05) is 29.8 Å². The summed E-state index contributed by atoms with van der Waals surface area (Å²) in [5, 5.41) is 21.2. The number of rotatable bonds is 9. The zero-order valence-corrected chi connectivity index (χ0v) is 21.5. The van der Waals surface area contributed by atoms with Crippen LogP contribution in [0.1, 0.15) is 36.5 Å². The number of ether oxygens (including phenoxy) is 2. The number of amidine groups is 1. The monoisotopic (exact) mass is 528 g/mol. The van der Waals surface area contributed by atoms with E-state index in [1.165, 1.54) is 16.4 Å². The molecule has 0 bridgehead atoms. The fourth-order valence-electron chi connectivity index (χ4n) is 4.60. The second-order valence-corrected chi connectivity index (χ2v) is 10.9. The van der Waals surface area contributed by atoms with Gasteiger partial charge >= 0.3 is 5.97 Å². The fourth-order valence-corrected chi connectivity index (χ4v) is 6.16. The molecule has 0 saturated carbocycles. The van der Waals surface area contributed by atoms with Gasteiger partial charge in [-0.15, -0.1) is 0 Å². The van der Waals surface area contributed by atoms with E-state index in [-0.39, 0.29) is 24.3 Å². The van der Waals surface area contributed by atoms with E-state index in [1.807, 2.05) is 6.07 Å². The average Bonchev–Trinajstić information content (AvgIpc) is 3.22. The highest BCUT2D eigenvalue weighted by Crippen LogP contribution is 2.38. The Kier molecular flexibility index (Phi) is 8.03. The SMILES string of the molecule is CCOC(=O)CS(=O)(=O)N1c2ccc(OC3CCNCC3)cc2CC1/C=C/c1cc(C(=N)N)ccc1O. The number of piperidine rings is 1. The van der Waals surface area contributed by atoms with Crippen molar-refractivity contribution in [2.24, 2.45) is 5.73 Å². The molecule has 0 amide bonds. The average molecular weight is 529 g/mol. The number of anilines is 1. The van der Waals surface area contributed by atoms with Crippen molar-refractivity contribution < 1.29 is 27.8 Å². The number of phenolic OH excluding ortho intramolecular Hbond substituents is 1. The standard InChI is InChI=1S/C26H32N4O6S/c1-2-35-25(32)16-37(33,34)30-20(5-3-17-13-18(26(27)28)4-8-24(17)31)14-19-15-22(6-7-23(19)30)36-21-9-11-29-12-10-21/h3-8,13,15,20-21,29,31H,2,9-12,14,16H2,1H3,(H3,27,28)/b5-3+. The lowest BCUT2D eigenvalue weighted by molar-refractivity contribution is -0.139. The number of benzene rings is 2. The van der Waals surface area contributed by atoms with Gasteiger partial charge in [-0.3, -0.25) is 14.5 Å². The predicted molar refractivity (Wildman–Crippen MR) is 142 cm³/mol. The molecule has 2 aliphatic heterocycles. The van der Waals surface area contributed by atoms with Gasteiger partial charge in [0.05, 0.1) is 18.3 Å². The van der Waals surface area contributed by atoms with E-state index in [4.69, 9.17) is 20.6 Å². The molecule has 0 aromatic heterocycles. The molecular formula is C26H32N4O6S. The highest BCUT2D eigenvalue weighted by molar-refractivity contribution is 7.93. The van der Waals surface area contributed by atoms with Crippen LogP contribution in [0.5, 0.6) is 11.5 Å². The minimum atomic E-state index is -4.08. The molecule has 11 heteroatoms. The van der Waals surface area contributed by atoms with Crippen LogP contribution in [0.15, 0.2) is 42.5 Å². The van der Waals surface area contributed by atoms with E-state index in [1.54, 1.807) is 37.3 Å². The van der Waals surface area contributed by atoms with Crippen molar-refractivity contribution in [1.82, 2.24) is 5.32 Å². The van der Waals surface area contributed by atoms with E-state index >= 15 is 0 Å². The molecule has 0 aliphatic carbocycles. The lowest BCUT2D eigenvalue weighted by Gasteiger charge is -2.25. The van der Waals surface area contributed by atoms with Crippen LogP contribution in [-0.2, 0) is 26.0 Å². The maximum atomic E-state index is 13.4. The zero-order chi connectivity index (χ0) is 26.6. The number of carbonyl (C=O) groups excluding carboxylic acids is 1. The third kappa shape index (κ3) is 6.23. The van der Waals surface area contributed by atoms with E-state index in [0.29, 0.717) is 29.0 Å². The predicted octanol–water partition coefficient (Wildman–Crippen LogP) is 2.14. The van der Waals surface area contributed by atoms with Crippen molar-refractivity contribution >= 4 is 33.6 Å². The van der Waals surface area contributed by atoms with E-state index in [0.717, 1.165) is 31.5 Å². The van der Waals surface area contributed by atoms with E-state index in [2.05, 4.69) is 5.32 Å². The Bertz CT molecular complexity index is 1300. The molecule has 1 saturated heterocycles. The third-order valence-electron chi connectivity index (χ3n) is 6.35. The van der Waals surface area contributed by atoms with Gasteiger partial charge in [0.15, 0.2) is 5.75 Å². The molecule has 4 rings (SSSR count). The van der Waals surface area contributed by atoms with Crippen molar-refractivity contribution in [2.45, 2.75) is 38.3 Å². The van der Waals surface area contributed by atoms with Gasteiger partial charge < -0.3 is 25.6 Å². The molecule has 1 fully saturated rings. The number of hydrogen-bond acceptors (Lipinski definition) is 8. The molecule has 1 unspecified atom stereocenters. The van der Waals surface area contributed by atoms with Gasteiger partial charge in [-0.2, -0.15) is 0 Å². The van der Waals surface area contributed by atoms with E-state index < -0.39 is 27.8 Å². The van der Waals surface area contributed by atoms with Gasteiger partial charge in [0.1, 0.15) is 23.4 Å². The highest BCUT2D eigenvalue weighted by Gasteiger charge is 2.38. The van der Waals surface area contributed by atoms with Crippen LogP contribution >= 0.6 is 0 Å². The summed E-state index contributed by atoms with van der Waals surface area (Å²) in [5.41, 5.74) is 7.63. The number of esters is 1. The summed E-state index contributed by atoms with van der Waals surface area (Å²) in [7, 11) is -4.08. The summed E-state index contributed by atoms with van der Waals surface area (Å²) in [5.74, 6) is -1.12. The molecule has 10 nitrogen and oxygen atoms in total. The van der Waals surface area contributed by atoms with Crippen molar-refractivity contribution in [3.05, 3.63) is 59.2 Å². The van der Waals surface area contributed by atoms with Crippen LogP contribution in [0.4, 0.5) is 5.69 Å². The summed E-state index contributed by atoms with van der Waals surface area (Å²) in [6, 6.07) is 9.17. The quantitative estimate of drug-likeness (QED) is 0.219. The summed E-state index contributed by atoms with van der Waals surface area (Å²) < 4.78 is 39.0. The van der Waals surface area contributed by atoms with Crippen LogP contribution in [-0.4, -0.2) is 62.9 Å². The number of carbonyl (C=O) groups is 1. The molecule has 2 aliphatic rings. The van der Waals surface area contributed by atoms with E-state index in [9.17, 15) is 18.3 Å². The number of nitrogens with one attached hydrogen (secondary N) is 2. The molecule has 0 radical (unpaired) electrons. The van der Waals surface area contributed by atoms with Gasteiger partial charge in [0.25, 0.3) is 0 Å². The molecule has 2 aromatic rings. The minimum absolute atomic E-state index is 0.0321. The van der Waals surface area contributed by atoms with Crippen LogP contribution in [0.2, 0.25) is 0 Å². The topological polar surface area (TPSA) is 155 Å². The summed E-state index contributed by atoms with van der Waals surface area (Å²) in [4.78, 5) is 12.1. The molecule has 37 heavy (non-hydrogen) atoms. The zero-order valence-electron chi connectivity index (χ0n) is 20.6. The Morgan fingerprint density at radius 1 is 1.24 bits per heavy atom. The Balaban J connectivity index is 1.65. The van der Waals surface area contributed by atoms with Gasteiger partial charge in [0, 0.05) is 11.1 Å². The van der Waals surface area contributed by atoms with Crippen LogP contribution < -0.4 is 20.1 Å². The molecule has 198 valence electrons. The largest absolute Gasteiger partial charge is 0.507 e. The first-order chi connectivity index (χ1) is 17.7. The van der Waals surface area contributed by atoms with Gasteiger partial charge in [-0.05, 0) is 81.2 Å². The number of hydrogen-bond donors (Lipinski definition) is 4. The maximum Gasteiger partial charge on any atom is 0.323 e. The lowest BCUT2D eigenvalue weighted by Crippen LogP contribution is -2.40. The minimum Gasteiger partial charge on any atom is -0.507 e. The van der Waals surface area contributed by atoms with Gasteiger partial charge in [-0.25, -0.2) is 8.42 Å². The normalized spacial score (nSPS) is 18.1. The Morgan fingerprint density at radius 2 is 2.00 bits per heavy atom. The highest BCUT2D eigenvalue weighted by atomic mass is 32.2. The smallest absolute Gasteiger partial charge is 0.323 e. The molecule has 2 heterocycles. The molecule has 2 aromatic carbocycles. The second kappa shape index (κ2) is 11.2. The molecule has 5 N–H and O–H groups in total. The number of sulfonamides is 1. The number of aromatic hydroxyl groups is 1. The van der Waals surface area contributed by atoms with Crippen LogP contribution in [0, 0.1) is 5.41 Å². The first-order valence-corrected chi connectivity index (χ1v) is 13.8. The second-order valence-electron chi connectivity index (χ2n) is 9.03. The summed E-state index contributed by atoms with van der Waals surface area (Å²) >= 11 is 0. The molecule has 1 atom stereocenters.